The number of rotatable bonds is 13. The molecule has 0 spiro atoms. The van der Waals surface area contributed by atoms with Crippen molar-refractivity contribution >= 4 is 23.8 Å². The lowest BCUT2D eigenvalue weighted by Gasteiger charge is -2.48. The van der Waals surface area contributed by atoms with Gasteiger partial charge in [0.15, 0.2) is 0 Å². The number of hydrogen-bond acceptors (Lipinski definition) is 6. The fraction of sp³-hybridized carbons (Fsp3) is 0.647. The molecule has 44 heavy (non-hydrogen) atoms. The van der Waals surface area contributed by atoms with Crippen molar-refractivity contribution in [2.75, 3.05) is 31.6 Å². The molecule has 2 heterocycles. The second-order valence-electron chi connectivity index (χ2n) is 14.6. The molecule has 3 saturated carbocycles. The molecule has 3 aliphatic carbocycles. The molecule has 3 atom stereocenters. The minimum Gasteiger partial charge on any atom is -0.380 e. The van der Waals surface area contributed by atoms with E-state index in [9.17, 15) is 14.4 Å². The standard InChI is InChI=1S/C34H46FN5O4/c1-31(11-5-12-31)19-37-30(43)33(15-17-44-22-33)24-8-9-26(25(35)18-24)36-20-34(21-41,39-29(42)27-10-16-38-40(27)3)28(23-6-4-7-23)32(2)13-14-32/h8-10,16,18,21,23,28,36H,4-7,11-15,17,19-20,22H2,1-3H3,(H,37,43)(H,39,42). The van der Waals surface area contributed by atoms with Gasteiger partial charge in [-0.3, -0.25) is 14.3 Å². The molecule has 4 fully saturated rings. The summed E-state index contributed by atoms with van der Waals surface area (Å²) in [5.74, 6) is -0.802. The second-order valence-corrected chi connectivity index (χ2v) is 14.6. The molecule has 2 amide bonds. The van der Waals surface area contributed by atoms with Gasteiger partial charge in [-0.2, -0.15) is 5.10 Å². The largest absolute Gasteiger partial charge is 0.380 e. The Morgan fingerprint density at radius 2 is 1.93 bits per heavy atom. The van der Waals surface area contributed by atoms with E-state index in [1.807, 2.05) is 0 Å². The van der Waals surface area contributed by atoms with Gasteiger partial charge < -0.3 is 25.5 Å². The maximum absolute atomic E-state index is 15.9. The van der Waals surface area contributed by atoms with Crippen LogP contribution in [0.1, 0.15) is 87.7 Å². The molecule has 6 rings (SSSR count). The zero-order valence-corrected chi connectivity index (χ0v) is 26.2. The summed E-state index contributed by atoms with van der Waals surface area (Å²) in [7, 11) is 1.69. The second kappa shape index (κ2) is 11.6. The highest BCUT2D eigenvalue weighted by atomic mass is 19.1. The number of nitrogens with zero attached hydrogens (tertiary/aromatic N) is 2. The summed E-state index contributed by atoms with van der Waals surface area (Å²) < 4.78 is 23.0. The van der Waals surface area contributed by atoms with E-state index in [1.165, 1.54) is 17.2 Å². The molecule has 9 nitrogen and oxygen atoms in total. The number of carbonyl (C=O) groups excluding carboxylic acids is 3. The van der Waals surface area contributed by atoms with Gasteiger partial charge in [0.2, 0.25) is 5.91 Å². The fourth-order valence-corrected chi connectivity index (χ4v) is 7.86. The lowest BCUT2D eigenvalue weighted by atomic mass is 9.61. The van der Waals surface area contributed by atoms with Gasteiger partial charge in [-0.25, -0.2) is 4.39 Å². The summed E-state index contributed by atoms with van der Waals surface area (Å²) in [4.78, 5) is 40.2. The monoisotopic (exact) mass is 607 g/mol. The number of aldehydes is 1. The normalized spacial score (nSPS) is 25.5. The lowest BCUT2D eigenvalue weighted by molar-refractivity contribution is -0.127. The van der Waals surface area contributed by atoms with Crippen LogP contribution in [0.4, 0.5) is 10.1 Å². The predicted molar refractivity (Wildman–Crippen MR) is 165 cm³/mol. The van der Waals surface area contributed by atoms with E-state index < -0.39 is 16.8 Å². The van der Waals surface area contributed by atoms with Crippen molar-refractivity contribution in [1.82, 2.24) is 20.4 Å². The van der Waals surface area contributed by atoms with Crippen LogP contribution in [-0.4, -0.2) is 59.7 Å². The van der Waals surface area contributed by atoms with Crippen LogP contribution in [0.25, 0.3) is 0 Å². The SMILES string of the molecule is Cn1nccc1C(=O)NC(C=O)(CNc1ccc(C2(C(=O)NCC3(C)CCC3)CCOC2)cc1F)C(C1CCC1)C1(C)CC1. The number of anilines is 1. The Hall–Kier alpha value is -3.27. The van der Waals surface area contributed by atoms with Crippen LogP contribution < -0.4 is 16.0 Å². The van der Waals surface area contributed by atoms with E-state index in [-0.39, 0.29) is 47.4 Å². The smallest absolute Gasteiger partial charge is 0.270 e. The highest BCUT2D eigenvalue weighted by Crippen LogP contribution is 2.60. The zero-order valence-electron chi connectivity index (χ0n) is 26.2. The van der Waals surface area contributed by atoms with Crippen molar-refractivity contribution in [2.45, 2.75) is 82.6 Å². The van der Waals surface area contributed by atoms with Crippen LogP contribution in [0.5, 0.6) is 0 Å². The fourth-order valence-electron chi connectivity index (χ4n) is 7.86. The van der Waals surface area contributed by atoms with Gasteiger partial charge in [-0.15, -0.1) is 0 Å². The molecule has 1 aromatic carbocycles. The molecule has 10 heteroatoms. The predicted octanol–water partition coefficient (Wildman–Crippen LogP) is 4.52. The van der Waals surface area contributed by atoms with Crippen molar-refractivity contribution in [2.24, 2.45) is 29.7 Å². The first-order valence-electron chi connectivity index (χ1n) is 16.2. The van der Waals surface area contributed by atoms with E-state index >= 15 is 4.39 Å². The van der Waals surface area contributed by atoms with Gasteiger partial charge in [0.1, 0.15) is 23.3 Å². The summed E-state index contributed by atoms with van der Waals surface area (Å²) >= 11 is 0. The average Bonchev–Trinajstić information content (AvgIpc) is 3.32. The minimum atomic E-state index is -1.25. The minimum absolute atomic E-state index is 0.0421. The Morgan fingerprint density at radius 3 is 2.45 bits per heavy atom. The summed E-state index contributed by atoms with van der Waals surface area (Å²) in [6, 6.07) is 6.47. The number of ether oxygens (including phenoxy) is 1. The molecule has 1 aliphatic heterocycles. The number of aryl methyl sites for hydroxylation is 1. The van der Waals surface area contributed by atoms with Crippen molar-refractivity contribution in [3.63, 3.8) is 0 Å². The van der Waals surface area contributed by atoms with Gasteiger partial charge >= 0.3 is 0 Å². The molecule has 4 aliphatic rings. The molecule has 0 bridgehead atoms. The third-order valence-corrected chi connectivity index (χ3v) is 11.4. The lowest BCUT2D eigenvalue weighted by Crippen LogP contribution is -2.64. The third kappa shape index (κ3) is 5.54. The summed E-state index contributed by atoms with van der Waals surface area (Å²) in [6.07, 6.45) is 11.4. The van der Waals surface area contributed by atoms with Gasteiger partial charge in [0.25, 0.3) is 5.91 Å². The van der Waals surface area contributed by atoms with Crippen LogP contribution >= 0.6 is 0 Å². The van der Waals surface area contributed by atoms with E-state index in [4.69, 9.17) is 4.74 Å². The first kappa shape index (κ1) is 30.7. The first-order chi connectivity index (χ1) is 21.0. The van der Waals surface area contributed by atoms with E-state index in [1.54, 1.807) is 31.4 Å². The molecule has 3 N–H and O–H groups in total. The van der Waals surface area contributed by atoms with Gasteiger partial charge in [0.05, 0.1) is 17.7 Å². The van der Waals surface area contributed by atoms with Crippen LogP contribution in [-0.2, 0) is 26.8 Å². The highest BCUT2D eigenvalue weighted by molar-refractivity contribution is 5.95. The number of nitrogens with one attached hydrogen (secondary N) is 3. The number of hydrogen-bond donors (Lipinski definition) is 3. The van der Waals surface area contributed by atoms with E-state index in [0.29, 0.717) is 36.7 Å². The molecular weight excluding hydrogens is 561 g/mol. The summed E-state index contributed by atoms with van der Waals surface area (Å²) in [5.41, 5.74) is -0.984. The quantitative estimate of drug-likeness (QED) is 0.289. The van der Waals surface area contributed by atoms with Crippen molar-refractivity contribution < 1.29 is 23.5 Å². The van der Waals surface area contributed by atoms with Crippen molar-refractivity contribution in [3.8, 4) is 0 Å². The Bertz CT molecular complexity index is 1410. The van der Waals surface area contributed by atoms with Crippen LogP contribution in [0.2, 0.25) is 0 Å². The van der Waals surface area contributed by atoms with E-state index in [2.05, 4.69) is 34.9 Å². The van der Waals surface area contributed by atoms with Gasteiger partial charge in [0, 0.05) is 32.9 Å². The van der Waals surface area contributed by atoms with Crippen LogP contribution in [0.15, 0.2) is 30.5 Å². The molecule has 238 valence electrons. The molecule has 0 radical (unpaired) electrons. The molecule has 2 aromatic rings. The molecular formula is C34H46FN5O4. The Kier molecular flexibility index (Phi) is 8.09. The number of carbonyl (C=O) groups is 3. The van der Waals surface area contributed by atoms with Crippen LogP contribution in [0, 0.1) is 28.5 Å². The maximum Gasteiger partial charge on any atom is 0.270 e. The van der Waals surface area contributed by atoms with Crippen molar-refractivity contribution in [1.29, 1.82) is 0 Å². The van der Waals surface area contributed by atoms with E-state index in [0.717, 1.165) is 51.2 Å². The number of benzene rings is 1. The average molecular weight is 608 g/mol. The third-order valence-electron chi connectivity index (χ3n) is 11.4. The number of halogens is 1. The molecule has 3 unspecified atom stereocenters. The zero-order chi connectivity index (χ0) is 31.2. The van der Waals surface area contributed by atoms with Gasteiger partial charge in [-0.05, 0) is 78.5 Å². The molecule has 1 aromatic heterocycles. The summed E-state index contributed by atoms with van der Waals surface area (Å²) in [6.45, 7) is 5.67. The molecule has 1 saturated heterocycles. The number of amides is 2. The van der Waals surface area contributed by atoms with Crippen molar-refractivity contribution in [3.05, 3.63) is 47.5 Å². The Balaban J connectivity index is 1.25. The number of aromatic nitrogens is 2. The summed E-state index contributed by atoms with van der Waals surface area (Å²) in [5, 5.41) is 13.6. The Labute approximate surface area is 259 Å². The Morgan fingerprint density at radius 1 is 1.16 bits per heavy atom. The maximum atomic E-state index is 15.9. The van der Waals surface area contributed by atoms with Crippen LogP contribution in [0.3, 0.4) is 0 Å². The first-order valence-corrected chi connectivity index (χ1v) is 16.2. The topological polar surface area (TPSA) is 114 Å². The highest BCUT2D eigenvalue weighted by Gasteiger charge is 2.59. The van der Waals surface area contributed by atoms with Gasteiger partial charge in [-0.1, -0.05) is 45.6 Å².